The molecule has 0 radical (unpaired) electrons. The molecule has 138 valence electrons. The molecular weight excluding hydrogens is 323 g/mol. The van der Waals surface area contributed by atoms with E-state index in [1.165, 1.54) is 18.2 Å². The SMILES string of the molecule is CC(N)C(C)C(=O)N1CCCC(CNC(=O)Nc2cccc(F)c2)C1. The molecule has 1 fully saturated rings. The minimum atomic E-state index is -0.400. The number of halogens is 1. The number of hydrogen-bond acceptors (Lipinski definition) is 3. The highest BCUT2D eigenvalue weighted by Gasteiger charge is 2.28. The van der Waals surface area contributed by atoms with Gasteiger partial charge in [0.2, 0.25) is 5.91 Å². The lowest BCUT2D eigenvalue weighted by molar-refractivity contribution is -0.137. The first-order chi connectivity index (χ1) is 11.9. The van der Waals surface area contributed by atoms with Crippen molar-refractivity contribution in [3.63, 3.8) is 0 Å². The number of amides is 3. The van der Waals surface area contributed by atoms with Crippen LogP contribution in [0, 0.1) is 17.7 Å². The minimum absolute atomic E-state index is 0.0731. The van der Waals surface area contributed by atoms with Gasteiger partial charge >= 0.3 is 6.03 Å². The second-order valence-corrected chi connectivity index (χ2v) is 6.79. The van der Waals surface area contributed by atoms with Gasteiger partial charge in [0.25, 0.3) is 0 Å². The fraction of sp³-hybridized carbons (Fsp3) is 0.556. The third kappa shape index (κ3) is 5.70. The summed E-state index contributed by atoms with van der Waals surface area (Å²) in [5, 5.41) is 5.40. The average molecular weight is 350 g/mol. The third-order valence-corrected chi connectivity index (χ3v) is 4.64. The van der Waals surface area contributed by atoms with Gasteiger partial charge in [-0.05, 0) is 43.9 Å². The standard InChI is InChI=1S/C18H27FN4O2/c1-12(13(2)20)17(24)23-8-4-5-14(11-23)10-21-18(25)22-16-7-3-6-15(19)9-16/h3,6-7,9,12-14H,4-5,8,10-11,20H2,1-2H3,(H2,21,22,25). The second kappa shape index (κ2) is 8.80. The lowest BCUT2D eigenvalue weighted by Gasteiger charge is -2.35. The van der Waals surface area contributed by atoms with Gasteiger partial charge in [0.15, 0.2) is 0 Å². The highest BCUT2D eigenvalue weighted by Crippen LogP contribution is 2.18. The topological polar surface area (TPSA) is 87.5 Å². The van der Waals surface area contributed by atoms with Gasteiger partial charge in [-0.15, -0.1) is 0 Å². The summed E-state index contributed by atoms with van der Waals surface area (Å²) in [6, 6.07) is 5.19. The molecule has 0 aliphatic carbocycles. The van der Waals surface area contributed by atoms with Gasteiger partial charge < -0.3 is 21.3 Å². The predicted octanol–water partition coefficient (Wildman–Crippen LogP) is 2.17. The van der Waals surface area contributed by atoms with Crippen LogP contribution in [0.3, 0.4) is 0 Å². The Kier molecular flexibility index (Phi) is 6.75. The molecule has 3 atom stereocenters. The molecule has 4 N–H and O–H groups in total. The number of carbonyl (C=O) groups is 2. The van der Waals surface area contributed by atoms with Crippen LogP contribution in [0.5, 0.6) is 0 Å². The molecule has 1 heterocycles. The molecule has 1 aromatic carbocycles. The number of nitrogens with one attached hydrogen (secondary N) is 2. The Bertz CT molecular complexity index is 608. The summed E-state index contributed by atoms with van der Waals surface area (Å²) in [7, 11) is 0. The van der Waals surface area contributed by atoms with Crippen molar-refractivity contribution in [3.8, 4) is 0 Å². The van der Waals surface area contributed by atoms with Crippen LogP contribution < -0.4 is 16.4 Å². The molecule has 6 nitrogen and oxygen atoms in total. The maximum Gasteiger partial charge on any atom is 0.319 e. The van der Waals surface area contributed by atoms with Crippen LogP contribution in [0.25, 0.3) is 0 Å². The van der Waals surface area contributed by atoms with Crippen LogP contribution in [0.15, 0.2) is 24.3 Å². The van der Waals surface area contributed by atoms with E-state index in [2.05, 4.69) is 10.6 Å². The molecule has 2 rings (SSSR count). The molecule has 0 spiro atoms. The first kappa shape index (κ1) is 19.2. The van der Waals surface area contributed by atoms with Crippen molar-refractivity contribution in [2.75, 3.05) is 25.0 Å². The fourth-order valence-electron chi connectivity index (χ4n) is 2.92. The van der Waals surface area contributed by atoms with Gasteiger partial charge in [-0.3, -0.25) is 4.79 Å². The van der Waals surface area contributed by atoms with Gasteiger partial charge in [-0.1, -0.05) is 13.0 Å². The smallest absolute Gasteiger partial charge is 0.319 e. The Balaban J connectivity index is 1.80. The Labute approximate surface area is 147 Å². The molecule has 1 aliphatic heterocycles. The first-order valence-electron chi connectivity index (χ1n) is 8.71. The zero-order valence-electron chi connectivity index (χ0n) is 14.8. The van der Waals surface area contributed by atoms with Gasteiger partial charge in [0.05, 0.1) is 5.92 Å². The van der Waals surface area contributed by atoms with Crippen LogP contribution >= 0.6 is 0 Å². The van der Waals surface area contributed by atoms with Crippen molar-refractivity contribution >= 4 is 17.6 Å². The fourth-order valence-corrected chi connectivity index (χ4v) is 2.92. The molecule has 1 saturated heterocycles. The number of nitrogens with zero attached hydrogens (tertiary/aromatic N) is 1. The quantitative estimate of drug-likeness (QED) is 0.760. The zero-order valence-corrected chi connectivity index (χ0v) is 14.8. The largest absolute Gasteiger partial charge is 0.342 e. The van der Waals surface area contributed by atoms with Crippen molar-refractivity contribution < 1.29 is 14.0 Å². The first-order valence-corrected chi connectivity index (χ1v) is 8.71. The van der Waals surface area contributed by atoms with E-state index in [4.69, 9.17) is 5.73 Å². The number of piperidine rings is 1. The summed E-state index contributed by atoms with van der Waals surface area (Å²) < 4.78 is 13.1. The van der Waals surface area contributed by atoms with Crippen molar-refractivity contribution in [2.24, 2.45) is 17.6 Å². The van der Waals surface area contributed by atoms with E-state index >= 15 is 0 Å². The number of benzene rings is 1. The van der Waals surface area contributed by atoms with Crippen LogP contribution in [-0.2, 0) is 4.79 Å². The molecule has 1 aliphatic rings. The van der Waals surface area contributed by atoms with Gasteiger partial charge in [-0.25, -0.2) is 9.18 Å². The van der Waals surface area contributed by atoms with Gasteiger partial charge in [0, 0.05) is 31.4 Å². The second-order valence-electron chi connectivity index (χ2n) is 6.79. The highest BCUT2D eigenvalue weighted by molar-refractivity contribution is 5.89. The monoisotopic (exact) mass is 350 g/mol. The Morgan fingerprint density at radius 3 is 2.84 bits per heavy atom. The number of carbonyl (C=O) groups excluding carboxylic acids is 2. The summed E-state index contributed by atoms with van der Waals surface area (Å²) in [5.41, 5.74) is 6.23. The molecule has 7 heteroatoms. The Morgan fingerprint density at radius 2 is 2.16 bits per heavy atom. The highest BCUT2D eigenvalue weighted by atomic mass is 19.1. The maximum atomic E-state index is 13.1. The van der Waals surface area contributed by atoms with E-state index in [1.807, 2.05) is 18.7 Å². The van der Waals surface area contributed by atoms with Crippen molar-refractivity contribution in [1.29, 1.82) is 0 Å². The summed E-state index contributed by atoms with van der Waals surface area (Å²) in [4.78, 5) is 26.2. The van der Waals surface area contributed by atoms with Gasteiger partial charge in [0.1, 0.15) is 5.82 Å². The number of anilines is 1. The summed E-state index contributed by atoms with van der Waals surface area (Å²) >= 11 is 0. The molecule has 3 unspecified atom stereocenters. The summed E-state index contributed by atoms with van der Waals surface area (Å²) in [6.45, 7) is 5.51. The normalized spacial score (nSPS) is 19.8. The van der Waals surface area contributed by atoms with Crippen LogP contribution in [0.1, 0.15) is 26.7 Å². The van der Waals surface area contributed by atoms with Crippen LogP contribution in [0.2, 0.25) is 0 Å². The molecule has 3 amide bonds. The lowest BCUT2D eigenvalue weighted by Crippen LogP contribution is -2.48. The third-order valence-electron chi connectivity index (χ3n) is 4.64. The van der Waals surface area contributed by atoms with Crippen molar-refractivity contribution in [1.82, 2.24) is 10.2 Å². The van der Waals surface area contributed by atoms with E-state index in [0.29, 0.717) is 18.8 Å². The lowest BCUT2D eigenvalue weighted by atomic mass is 9.95. The number of urea groups is 1. The van der Waals surface area contributed by atoms with Crippen molar-refractivity contribution in [3.05, 3.63) is 30.1 Å². The van der Waals surface area contributed by atoms with Gasteiger partial charge in [-0.2, -0.15) is 0 Å². The van der Waals surface area contributed by atoms with E-state index in [0.717, 1.165) is 19.4 Å². The molecule has 1 aromatic rings. The number of rotatable bonds is 5. The number of nitrogens with two attached hydrogens (primary N) is 1. The zero-order chi connectivity index (χ0) is 18.4. The number of hydrogen-bond donors (Lipinski definition) is 3. The predicted molar refractivity (Wildman–Crippen MR) is 95.5 cm³/mol. The van der Waals surface area contributed by atoms with E-state index in [1.54, 1.807) is 6.07 Å². The summed E-state index contributed by atoms with van der Waals surface area (Å²) in [6.07, 6.45) is 1.87. The molecule has 0 saturated carbocycles. The average Bonchev–Trinajstić information content (AvgIpc) is 2.59. The van der Waals surface area contributed by atoms with Crippen LogP contribution in [-0.4, -0.2) is 42.5 Å². The molecular formula is C18H27FN4O2. The van der Waals surface area contributed by atoms with E-state index < -0.39 is 5.82 Å². The molecule has 25 heavy (non-hydrogen) atoms. The Hall–Kier alpha value is -2.15. The van der Waals surface area contributed by atoms with Crippen LogP contribution in [0.4, 0.5) is 14.9 Å². The van der Waals surface area contributed by atoms with Crippen molar-refractivity contribution in [2.45, 2.75) is 32.7 Å². The molecule has 0 aromatic heterocycles. The maximum absolute atomic E-state index is 13.1. The van der Waals surface area contributed by atoms with E-state index in [-0.39, 0.29) is 29.8 Å². The Morgan fingerprint density at radius 1 is 1.40 bits per heavy atom. The van der Waals surface area contributed by atoms with E-state index in [9.17, 15) is 14.0 Å². The summed E-state index contributed by atoms with van der Waals surface area (Å²) in [5.74, 6) is -0.328. The minimum Gasteiger partial charge on any atom is -0.342 e. The number of likely N-dealkylation sites (tertiary alicyclic amines) is 1. The molecule has 0 bridgehead atoms.